The Balaban J connectivity index is 1.81. The second-order valence-electron chi connectivity index (χ2n) is 4.09. The Morgan fingerprint density at radius 3 is 3.10 bits per heavy atom. The highest BCUT2D eigenvalue weighted by atomic mass is 32.1. The van der Waals surface area contributed by atoms with Crippen LogP contribution in [0.3, 0.4) is 0 Å². The van der Waals surface area contributed by atoms with E-state index in [0.29, 0.717) is 12.3 Å². The van der Waals surface area contributed by atoms with Crippen LogP contribution in [-0.2, 0) is 11.3 Å². The molecule has 0 unspecified atom stereocenters. The maximum absolute atomic E-state index is 11.6. The van der Waals surface area contributed by atoms with E-state index < -0.39 is 0 Å². The van der Waals surface area contributed by atoms with E-state index in [1.807, 2.05) is 13.1 Å². The molecule has 0 aliphatic rings. The average Bonchev–Trinajstić information content (AvgIpc) is 3.04. The van der Waals surface area contributed by atoms with Crippen LogP contribution in [0.2, 0.25) is 0 Å². The largest absolute Gasteiger partial charge is 0.461 e. The normalized spacial score (nSPS) is 10.5. The highest BCUT2D eigenvalue weighted by Gasteiger charge is 2.15. The van der Waals surface area contributed by atoms with Crippen molar-refractivity contribution in [2.45, 2.75) is 26.8 Å². The molecule has 0 atom stereocenters. The van der Waals surface area contributed by atoms with Crippen molar-refractivity contribution in [3.63, 3.8) is 0 Å². The fourth-order valence-corrected chi connectivity index (χ4v) is 2.48. The minimum Gasteiger partial charge on any atom is -0.461 e. The van der Waals surface area contributed by atoms with Crippen LogP contribution in [0.25, 0.3) is 0 Å². The number of aryl methyl sites for hydroxylation is 2. The van der Waals surface area contributed by atoms with Crippen molar-refractivity contribution in [2.24, 2.45) is 0 Å². The van der Waals surface area contributed by atoms with E-state index in [1.165, 1.54) is 11.3 Å². The quantitative estimate of drug-likeness (QED) is 0.618. The Kier molecular flexibility index (Phi) is 5.05. The molecule has 0 radical (unpaired) electrons. The van der Waals surface area contributed by atoms with Crippen molar-refractivity contribution >= 4 is 22.4 Å². The molecule has 20 heavy (non-hydrogen) atoms. The lowest BCUT2D eigenvalue weighted by Gasteiger charge is -2.02. The van der Waals surface area contributed by atoms with Crippen molar-refractivity contribution < 1.29 is 9.53 Å². The molecule has 0 aliphatic carbocycles. The summed E-state index contributed by atoms with van der Waals surface area (Å²) >= 11 is 1.46. The van der Waals surface area contributed by atoms with Gasteiger partial charge in [0.05, 0.1) is 12.8 Å². The average molecular weight is 295 g/mol. The fraction of sp³-hybridized carbons (Fsp3) is 0.500. The predicted octanol–water partition coefficient (Wildman–Crippen LogP) is 1.72. The first kappa shape index (κ1) is 14.4. The number of aromatic nitrogens is 4. The Morgan fingerprint density at radius 1 is 1.55 bits per heavy atom. The molecule has 0 aromatic carbocycles. The van der Waals surface area contributed by atoms with Gasteiger partial charge >= 0.3 is 5.97 Å². The van der Waals surface area contributed by atoms with Crippen LogP contribution in [0.1, 0.15) is 28.7 Å². The maximum Gasteiger partial charge on any atom is 0.358 e. The summed E-state index contributed by atoms with van der Waals surface area (Å²) in [5, 5.41) is 11.6. The van der Waals surface area contributed by atoms with Crippen LogP contribution in [0.15, 0.2) is 12.4 Å². The number of hydrogen-bond acceptors (Lipinski definition) is 7. The minimum absolute atomic E-state index is 0.358. The smallest absolute Gasteiger partial charge is 0.358 e. The van der Waals surface area contributed by atoms with Crippen LogP contribution in [0.4, 0.5) is 5.13 Å². The molecule has 0 saturated heterocycles. The Bertz CT molecular complexity index is 552. The van der Waals surface area contributed by atoms with Gasteiger partial charge in [0.2, 0.25) is 0 Å². The number of carbonyl (C=O) groups excluding carboxylic acids is 1. The van der Waals surface area contributed by atoms with Crippen LogP contribution >= 0.6 is 11.3 Å². The molecular weight excluding hydrogens is 278 g/mol. The zero-order valence-corrected chi connectivity index (χ0v) is 12.3. The molecule has 2 rings (SSSR count). The molecule has 2 aromatic rings. The van der Waals surface area contributed by atoms with Crippen molar-refractivity contribution in [3.05, 3.63) is 23.0 Å². The first-order chi connectivity index (χ1) is 9.70. The Hall–Kier alpha value is -1.96. The summed E-state index contributed by atoms with van der Waals surface area (Å²) in [5.41, 5.74) is 0.399. The molecule has 108 valence electrons. The van der Waals surface area contributed by atoms with Crippen molar-refractivity contribution in [1.82, 2.24) is 20.0 Å². The van der Waals surface area contributed by atoms with Gasteiger partial charge in [-0.1, -0.05) is 5.21 Å². The highest BCUT2D eigenvalue weighted by molar-refractivity contribution is 7.15. The van der Waals surface area contributed by atoms with Gasteiger partial charge < -0.3 is 10.1 Å². The standard InChI is InChI=1S/C12H17N5O2S/c1-3-19-11(18)10-9(2)20-12(15-10)13-5-4-7-17-8-6-14-16-17/h6,8H,3-5,7H2,1-2H3,(H,13,15). The van der Waals surface area contributed by atoms with Gasteiger partial charge in [-0.2, -0.15) is 0 Å². The molecule has 0 spiro atoms. The molecule has 1 N–H and O–H groups in total. The lowest BCUT2D eigenvalue weighted by atomic mass is 10.4. The number of nitrogens with zero attached hydrogens (tertiary/aromatic N) is 4. The zero-order chi connectivity index (χ0) is 14.4. The molecule has 0 bridgehead atoms. The molecule has 0 amide bonds. The Morgan fingerprint density at radius 2 is 2.40 bits per heavy atom. The molecule has 0 fully saturated rings. The number of esters is 1. The van der Waals surface area contributed by atoms with Gasteiger partial charge in [0.1, 0.15) is 0 Å². The summed E-state index contributed by atoms with van der Waals surface area (Å²) in [6, 6.07) is 0. The molecule has 7 nitrogen and oxygen atoms in total. The van der Waals surface area contributed by atoms with E-state index in [-0.39, 0.29) is 5.97 Å². The predicted molar refractivity (Wildman–Crippen MR) is 75.9 cm³/mol. The van der Waals surface area contributed by atoms with Crippen molar-refractivity contribution in [1.29, 1.82) is 0 Å². The fourth-order valence-electron chi connectivity index (χ4n) is 1.65. The van der Waals surface area contributed by atoms with Crippen LogP contribution in [0.5, 0.6) is 0 Å². The van der Waals surface area contributed by atoms with Gasteiger partial charge in [0.15, 0.2) is 10.8 Å². The first-order valence-electron chi connectivity index (χ1n) is 6.43. The summed E-state index contributed by atoms with van der Waals surface area (Å²) in [6.07, 6.45) is 4.38. The van der Waals surface area contributed by atoms with Gasteiger partial charge in [-0.15, -0.1) is 16.4 Å². The zero-order valence-electron chi connectivity index (χ0n) is 11.5. The van der Waals surface area contributed by atoms with Gasteiger partial charge in [-0.25, -0.2) is 9.78 Å². The first-order valence-corrected chi connectivity index (χ1v) is 7.25. The summed E-state index contributed by atoms with van der Waals surface area (Å²) in [6.45, 7) is 5.56. The molecule has 8 heteroatoms. The maximum atomic E-state index is 11.6. The topological polar surface area (TPSA) is 81.9 Å². The minimum atomic E-state index is -0.364. The van der Waals surface area contributed by atoms with Gasteiger partial charge in [0.25, 0.3) is 0 Å². The van der Waals surface area contributed by atoms with Crippen molar-refractivity contribution in [2.75, 3.05) is 18.5 Å². The van der Waals surface area contributed by atoms with Gasteiger partial charge in [-0.05, 0) is 20.3 Å². The molecule has 0 aliphatic heterocycles. The lowest BCUT2D eigenvalue weighted by Crippen LogP contribution is -2.08. The summed E-state index contributed by atoms with van der Waals surface area (Å²) in [4.78, 5) is 16.8. The van der Waals surface area contributed by atoms with Crippen LogP contribution < -0.4 is 5.32 Å². The second-order valence-corrected chi connectivity index (χ2v) is 5.29. The molecular formula is C12H17N5O2S. The summed E-state index contributed by atoms with van der Waals surface area (Å²) in [7, 11) is 0. The third-order valence-electron chi connectivity index (χ3n) is 2.58. The lowest BCUT2D eigenvalue weighted by molar-refractivity contribution is 0.0519. The number of nitrogens with one attached hydrogen (secondary N) is 1. The van der Waals surface area contributed by atoms with E-state index in [0.717, 1.165) is 29.5 Å². The number of hydrogen-bond donors (Lipinski definition) is 1. The van der Waals surface area contributed by atoms with E-state index >= 15 is 0 Å². The summed E-state index contributed by atoms with van der Waals surface area (Å²) in [5.74, 6) is -0.364. The number of carbonyl (C=O) groups is 1. The number of anilines is 1. The van der Waals surface area contributed by atoms with Gasteiger partial charge in [-0.3, -0.25) is 4.68 Å². The summed E-state index contributed by atoms with van der Waals surface area (Å²) < 4.78 is 6.73. The van der Waals surface area contributed by atoms with Crippen LogP contribution in [0, 0.1) is 6.92 Å². The van der Waals surface area contributed by atoms with E-state index in [2.05, 4.69) is 20.6 Å². The second kappa shape index (κ2) is 6.99. The Labute approximate surface area is 121 Å². The monoisotopic (exact) mass is 295 g/mol. The third kappa shape index (κ3) is 3.77. The highest BCUT2D eigenvalue weighted by Crippen LogP contribution is 2.22. The molecule has 2 heterocycles. The number of rotatable bonds is 7. The van der Waals surface area contributed by atoms with E-state index in [1.54, 1.807) is 17.8 Å². The number of ether oxygens (including phenoxy) is 1. The van der Waals surface area contributed by atoms with Crippen LogP contribution in [-0.4, -0.2) is 39.1 Å². The van der Waals surface area contributed by atoms with E-state index in [9.17, 15) is 4.79 Å². The SMILES string of the molecule is CCOC(=O)c1nc(NCCCn2ccnn2)sc1C. The molecule has 0 saturated carbocycles. The third-order valence-corrected chi connectivity index (χ3v) is 3.51. The van der Waals surface area contributed by atoms with E-state index in [4.69, 9.17) is 4.74 Å². The number of thiazole rings is 1. The molecule has 2 aromatic heterocycles. The van der Waals surface area contributed by atoms with Crippen molar-refractivity contribution in [3.8, 4) is 0 Å². The van der Waals surface area contributed by atoms with Gasteiger partial charge in [0, 0.05) is 24.2 Å².